The fourth-order valence-electron chi connectivity index (χ4n) is 3.07. The average molecular weight is 309 g/mol. The summed E-state index contributed by atoms with van der Waals surface area (Å²) in [4.78, 5) is 19.2. The van der Waals surface area contributed by atoms with Gasteiger partial charge in [0, 0.05) is 17.9 Å². The van der Waals surface area contributed by atoms with Crippen molar-refractivity contribution in [1.29, 1.82) is 0 Å². The number of aromatic nitrogens is 1. The third-order valence-corrected chi connectivity index (χ3v) is 4.26. The first-order chi connectivity index (χ1) is 11.1. The van der Waals surface area contributed by atoms with Crippen LogP contribution < -0.4 is 5.32 Å². The van der Waals surface area contributed by atoms with Gasteiger partial charge in [-0.05, 0) is 69.6 Å². The fraction of sp³-hybridized carbons (Fsp3) is 0.368. The predicted octanol–water partition coefficient (Wildman–Crippen LogP) is 3.55. The summed E-state index contributed by atoms with van der Waals surface area (Å²) < 4.78 is 0. The van der Waals surface area contributed by atoms with Gasteiger partial charge in [-0.3, -0.25) is 14.7 Å². The van der Waals surface area contributed by atoms with Crippen LogP contribution in [0.2, 0.25) is 0 Å². The monoisotopic (exact) mass is 309 g/mol. The van der Waals surface area contributed by atoms with Crippen molar-refractivity contribution >= 4 is 11.6 Å². The van der Waals surface area contributed by atoms with Gasteiger partial charge in [0.2, 0.25) is 0 Å². The zero-order chi connectivity index (χ0) is 16.2. The summed E-state index contributed by atoms with van der Waals surface area (Å²) in [5, 5.41) is 2.99. The standard InChI is InChI=1S/C19H23N3O/c1-14-8-9-18(15(2)20-14)19(23)21-17-7-5-6-16(12-17)13-22-10-3-4-11-22/h5-9,12H,3-4,10-11,13H2,1-2H3,(H,21,23). The highest BCUT2D eigenvalue weighted by Gasteiger charge is 2.13. The number of hydrogen-bond acceptors (Lipinski definition) is 3. The summed E-state index contributed by atoms with van der Waals surface area (Å²) in [7, 11) is 0. The van der Waals surface area contributed by atoms with E-state index in [1.165, 1.54) is 31.5 Å². The van der Waals surface area contributed by atoms with Crippen molar-refractivity contribution in [3.63, 3.8) is 0 Å². The molecule has 4 heteroatoms. The van der Waals surface area contributed by atoms with Crippen LogP contribution in [0.4, 0.5) is 5.69 Å². The fourth-order valence-corrected chi connectivity index (χ4v) is 3.07. The van der Waals surface area contributed by atoms with E-state index in [4.69, 9.17) is 0 Å². The summed E-state index contributed by atoms with van der Waals surface area (Å²) in [6.45, 7) is 7.09. The lowest BCUT2D eigenvalue weighted by atomic mass is 10.1. The number of hydrogen-bond donors (Lipinski definition) is 1. The Balaban J connectivity index is 1.70. The van der Waals surface area contributed by atoms with Crippen molar-refractivity contribution in [2.45, 2.75) is 33.2 Å². The maximum absolute atomic E-state index is 12.4. The molecule has 23 heavy (non-hydrogen) atoms. The highest BCUT2D eigenvalue weighted by atomic mass is 16.1. The van der Waals surface area contributed by atoms with Crippen molar-refractivity contribution in [3.8, 4) is 0 Å². The van der Waals surface area contributed by atoms with Crippen molar-refractivity contribution in [3.05, 3.63) is 58.9 Å². The van der Waals surface area contributed by atoms with Crippen LogP contribution in [0.15, 0.2) is 36.4 Å². The number of nitrogens with zero attached hydrogens (tertiary/aromatic N) is 2. The summed E-state index contributed by atoms with van der Waals surface area (Å²) in [5.74, 6) is -0.103. The molecule has 0 spiro atoms. The second-order valence-electron chi connectivity index (χ2n) is 6.22. The highest BCUT2D eigenvalue weighted by Crippen LogP contribution is 2.17. The number of anilines is 1. The predicted molar refractivity (Wildman–Crippen MR) is 92.6 cm³/mol. The second-order valence-corrected chi connectivity index (χ2v) is 6.22. The maximum Gasteiger partial charge on any atom is 0.257 e. The normalized spacial score (nSPS) is 14.9. The van der Waals surface area contributed by atoms with Crippen LogP contribution in [-0.4, -0.2) is 28.9 Å². The Kier molecular flexibility index (Phi) is 4.72. The number of benzene rings is 1. The van der Waals surface area contributed by atoms with Crippen LogP contribution in [0.25, 0.3) is 0 Å². The number of carbonyl (C=O) groups excluding carboxylic acids is 1. The van der Waals surface area contributed by atoms with E-state index in [9.17, 15) is 4.79 Å². The minimum absolute atomic E-state index is 0.103. The van der Waals surface area contributed by atoms with Crippen LogP contribution in [0.1, 0.15) is 40.2 Å². The molecule has 1 aliphatic heterocycles. The molecule has 1 amide bonds. The third-order valence-electron chi connectivity index (χ3n) is 4.26. The van der Waals surface area contributed by atoms with Gasteiger partial charge in [-0.1, -0.05) is 12.1 Å². The van der Waals surface area contributed by atoms with Crippen LogP contribution in [0.3, 0.4) is 0 Å². The average Bonchev–Trinajstić information content (AvgIpc) is 3.00. The molecule has 1 aromatic carbocycles. The van der Waals surface area contributed by atoms with Gasteiger partial charge in [0.1, 0.15) is 0 Å². The molecule has 0 aliphatic carbocycles. The summed E-state index contributed by atoms with van der Waals surface area (Å²) >= 11 is 0. The van der Waals surface area contributed by atoms with E-state index in [0.29, 0.717) is 5.56 Å². The number of carbonyl (C=O) groups is 1. The Labute approximate surface area is 137 Å². The van der Waals surface area contributed by atoms with Crippen molar-refractivity contribution < 1.29 is 4.79 Å². The van der Waals surface area contributed by atoms with Gasteiger partial charge >= 0.3 is 0 Å². The summed E-state index contributed by atoms with van der Waals surface area (Å²) in [5.41, 5.74) is 4.39. The lowest BCUT2D eigenvalue weighted by molar-refractivity contribution is 0.102. The van der Waals surface area contributed by atoms with Crippen LogP contribution in [0, 0.1) is 13.8 Å². The Morgan fingerprint density at radius 1 is 1.17 bits per heavy atom. The molecule has 2 heterocycles. The minimum atomic E-state index is -0.103. The summed E-state index contributed by atoms with van der Waals surface area (Å²) in [6, 6.07) is 11.8. The van der Waals surface area contributed by atoms with E-state index in [0.717, 1.165) is 23.6 Å². The Bertz CT molecular complexity index is 706. The minimum Gasteiger partial charge on any atom is -0.322 e. The molecule has 120 valence electrons. The topological polar surface area (TPSA) is 45.2 Å². The molecule has 0 radical (unpaired) electrons. The molecule has 2 aromatic rings. The van der Waals surface area contributed by atoms with Gasteiger partial charge in [-0.25, -0.2) is 0 Å². The van der Waals surface area contributed by atoms with Crippen molar-refractivity contribution in [2.75, 3.05) is 18.4 Å². The summed E-state index contributed by atoms with van der Waals surface area (Å²) in [6.07, 6.45) is 2.58. The lowest BCUT2D eigenvalue weighted by Crippen LogP contribution is -2.18. The smallest absolute Gasteiger partial charge is 0.257 e. The van der Waals surface area contributed by atoms with Crippen LogP contribution in [-0.2, 0) is 6.54 Å². The van der Waals surface area contributed by atoms with Crippen molar-refractivity contribution in [2.24, 2.45) is 0 Å². The van der Waals surface area contributed by atoms with Gasteiger partial charge in [0.25, 0.3) is 5.91 Å². The van der Waals surface area contributed by atoms with E-state index in [1.807, 2.05) is 38.1 Å². The lowest BCUT2D eigenvalue weighted by Gasteiger charge is -2.15. The molecule has 1 aromatic heterocycles. The number of pyridine rings is 1. The van der Waals surface area contributed by atoms with Crippen molar-refractivity contribution in [1.82, 2.24) is 9.88 Å². The Hall–Kier alpha value is -2.20. The first-order valence-corrected chi connectivity index (χ1v) is 8.19. The molecule has 4 nitrogen and oxygen atoms in total. The zero-order valence-electron chi connectivity index (χ0n) is 13.8. The third kappa shape index (κ3) is 3.96. The molecule has 1 fully saturated rings. The van der Waals surface area contributed by atoms with Gasteiger partial charge in [-0.2, -0.15) is 0 Å². The van der Waals surface area contributed by atoms with E-state index in [-0.39, 0.29) is 5.91 Å². The molecule has 1 N–H and O–H groups in total. The van der Waals surface area contributed by atoms with E-state index in [1.54, 1.807) is 0 Å². The van der Waals surface area contributed by atoms with E-state index < -0.39 is 0 Å². The van der Waals surface area contributed by atoms with E-state index >= 15 is 0 Å². The van der Waals surface area contributed by atoms with Crippen LogP contribution >= 0.6 is 0 Å². The molecule has 1 saturated heterocycles. The maximum atomic E-state index is 12.4. The quantitative estimate of drug-likeness (QED) is 0.939. The number of rotatable bonds is 4. The van der Waals surface area contributed by atoms with E-state index in [2.05, 4.69) is 27.3 Å². The number of likely N-dealkylation sites (tertiary alicyclic amines) is 1. The molecule has 0 saturated carbocycles. The molecule has 0 atom stereocenters. The van der Waals surface area contributed by atoms with Gasteiger partial charge in [0.05, 0.1) is 11.3 Å². The molecular formula is C19H23N3O. The van der Waals surface area contributed by atoms with Gasteiger partial charge in [-0.15, -0.1) is 0 Å². The highest BCUT2D eigenvalue weighted by molar-refractivity contribution is 6.05. The second kappa shape index (κ2) is 6.92. The first-order valence-electron chi connectivity index (χ1n) is 8.19. The van der Waals surface area contributed by atoms with Gasteiger partial charge in [0.15, 0.2) is 0 Å². The Morgan fingerprint density at radius 3 is 2.70 bits per heavy atom. The SMILES string of the molecule is Cc1ccc(C(=O)Nc2cccc(CN3CCCC3)c2)c(C)n1. The van der Waals surface area contributed by atoms with Crippen LogP contribution in [0.5, 0.6) is 0 Å². The Morgan fingerprint density at radius 2 is 1.96 bits per heavy atom. The molecule has 3 rings (SSSR count). The largest absolute Gasteiger partial charge is 0.322 e. The molecule has 0 bridgehead atoms. The zero-order valence-corrected chi connectivity index (χ0v) is 13.8. The molecule has 0 unspecified atom stereocenters. The number of nitrogens with one attached hydrogen (secondary N) is 1. The molecule has 1 aliphatic rings. The first kappa shape index (κ1) is 15.7. The molecular weight excluding hydrogens is 286 g/mol. The van der Waals surface area contributed by atoms with Gasteiger partial charge < -0.3 is 5.32 Å². The number of amides is 1. The number of aryl methyl sites for hydroxylation is 2.